The molecule has 17 heavy (non-hydrogen) atoms. The van der Waals surface area contributed by atoms with Crippen LogP contribution in [0.1, 0.15) is 11.1 Å². The molecule has 2 aliphatic rings. The molecule has 4 rings (SSSR count). The molecule has 0 unspecified atom stereocenters. The molecule has 0 fully saturated rings. The molecule has 0 atom stereocenters. The summed E-state index contributed by atoms with van der Waals surface area (Å²) in [6, 6.07) is 17.5. The van der Waals surface area contributed by atoms with E-state index < -0.39 is 0 Å². The van der Waals surface area contributed by atoms with Crippen molar-refractivity contribution >= 4 is 11.4 Å². The van der Waals surface area contributed by atoms with Gasteiger partial charge in [0.15, 0.2) is 0 Å². The molecule has 2 nitrogen and oxygen atoms in total. The van der Waals surface area contributed by atoms with Crippen molar-refractivity contribution in [3.63, 3.8) is 0 Å². The van der Waals surface area contributed by atoms with Crippen molar-refractivity contribution in [1.29, 1.82) is 0 Å². The van der Waals surface area contributed by atoms with Crippen LogP contribution >= 0.6 is 0 Å². The Morgan fingerprint density at radius 1 is 0.647 bits per heavy atom. The molecule has 0 aromatic heterocycles. The van der Waals surface area contributed by atoms with Gasteiger partial charge in [-0.15, -0.1) is 0 Å². The number of anilines is 2. The maximum Gasteiger partial charge on any atom is 0.0910 e. The summed E-state index contributed by atoms with van der Waals surface area (Å²) in [7, 11) is 0. The summed E-state index contributed by atoms with van der Waals surface area (Å²) in [4.78, 5) is 4.92. The summed E-state index contributed by atoms with van der Waals surface area (Å²) in [6.07, 6.45) is 0. The van der Waals surface area contributed by atoms with Crippen LogP contribution in [0, 0.1) is 0 Å². The number of benzene rings is 2. The Kier molecular flexibility index (Phi) is 1.75. The molecule has 2 heteroatoms. The Labute approximate surface area is 101 Å². The summed E-state index contributed by atoms with van der Waals surface area (Å²) in [5.41, 5.74) is 5.68. The van der Waals surface area contributed by atoms with Crippen molar-refractivity contribution in [3.8, 4) is 0 Å². The third kappa shape index (κ3) is 1.27. The smallest absolute Gasteiger partial charge is 0.0910 e. The Morgan fingerprint density at radius 2 is 1.12 bits per heavy atom. The summed E-state index contributed by atoms with van der Waals surface area (Å²) in [5.74, 6) is 0. The van der Waals surface area contributed by atoms with Crippen LogP contribution in [0.25, 0.3) is 0 Å². The van der Waals surface area contributed by atoms with Crippen LogP contribution in [0.2, 0.25) is 0 Å². The maximum absolute atomic E-state index is 2.46. The van der Waals surface area contributed by atoms with Crippen LogP contribution in [-0.2, 0) is 13.1 Å². The van der Waals surface area contributed by atoms with Crippen molar-refractivity contribution in [2.24, 2.45) is 0 Å². The Balaban J connectivity index is 1.86. The predicted octanol–water partition coefficient (Wildman–Crippen LogP) is 2.98. The second kappa shape index (κ2) is 3.27. The first kappa shape index (κ1) is 9.11. The summed E-state index contributed by atoms with van der Waals surface area (Å²) in [5, 5.41) is 0. The van der Waals surface area contributed by atoms with E-state index in [1.165, 1.54) is 22.5 Å². The van der Waals surface area contributed by atoms with Crippen molar-refractivity contribution in [2.75, 3.05) is 16.5 Å². The number of para-hydroxylation sites is 2. The summed E-state index contributed by atoms with van der Waals surface area (Å²) < 4.78 is 0. The van der Waals surface area contributed by atoms with Crippen LogP contribution in [0.15, 0.2) is 48.5 Å². The van der Waals surface area contributed by atoms with E-state index in [2.05, 4.69) is 58.3 Å². The van der Waals surface area contributed by atoms with Gasteiger partial charge in [-0.05, 0) is 23.3 Å². The molecule has 0 radical (unpaired) electrons. The monoisotopic (exact) mass is 222 g/mol. The number of rotatable bonds is 0. The fourth-order valence-electron chi connectivity index (χ4n) is 2.95. The van der Waals surface area contributed by atoms with Crippen LogP contribution in [0.3, 0.4) is 0 Å². The average Bonchev–Trinajstić information content (AvgIpc) is 2.39. The van der Waals surface area contributed by atoms with Crippen LogP contribution < -0.4 is 9.80 Å². The van der Waals surface area contributed by atoms with Gasteiger partial charge in [0.1, 0.15) is 0 Å². The van der Waals surface area contributed by atoms with Gasteiger partial charge in [-0.3, -0.25) is 0 Å². The molecule has 0 aliphatic carbocycles. The first-order chi connectivity index (χ1) is 8.42. The Morgan fingerprint density at radius 3 is 1.65 bits per heavy atom. The highest BCUT2D eigenvalue weighted by atomic mass is 15.4. The van der Waals surface area contributed by atoms with Gasteiger partial charge in [0.05, 0.1) is 6.67 Å². The van der Waals surface area contributed by atoms with Crippen molar-refractivity contribution < 1.29 is 0 Å². The molecule has 0 N–H and O–H groups in total. The second-order valence-corrected chi connectivity index (χ2v) is 4.79. The van der Waals surface area contributed by atoms with Crippen LogP contribution in [-0.4, -0.2) is 6.67 Å². The lowest BCUT2D eigenvalue weighted by Gasteiger charge is -2.44. The van der Waals surface area contributed by atoms with E-state index in [1.54, 1.807) is 0 Å². The third-order valence-corrected chi connectivity index (χ3v) is 3.73. The minimum absolute atomic E-state index is 1.02. The van der Waals surface area contributed by atoms with Crippen LogP contribution in [0.5, 0.6) is 0 Å². The maximum atomic E-state index is 2.46. The largest absolute Gasteiger partial charge is 0.349 e. The molecule has 2 aliphatic heterocycles. The van der Waals surface area contributed by atoms with Gasteiger partial charge < -0.3 is 9.80 Å². The molecule has 0 saturated heterocycles. The first-order valence-corrected chi connectivity index (χ1v) is 6.07. The summed E-state index contributed by atoms with van der Waals surface area (Å²) >= 11 is 0. The minimum Gasteiger partial charge on any atom is -0.349 e. The third-order valence-electron chi connectivity index (χ3n) is 3.73. The number of fused-ring (bicyclic) bond motifs is 6. The second-order valence-electron chi connectivity index (χ2n) is 4.79. The quantitative estimate of drug-likeness (QED) is 0.676. The molecule has 2 aromatic carbocycles. The van der Waals surface area contributed by atoms with Gasteiger partial charge in [0, 0.05) is 24.5 Å². The van der Waals surface area contributed by atoms with Gasteiger partial charge in [0.2, 0.25) is 0 Å². The fourth-order valence-corrected chi connectivity index (χ4v) is 2.95. The van der Waals surface area contributed by atoms with E-state index in [1.807, 2.05) is 0 Å². The van der Waals surface area contributed by atoms with E-state index in [-0.39, 0.29) is 0 Å². The Bertz CT molecular complexity index is 525. The molecular formula is C15H14N2. The normalized spacial score (nSPS) is 16.5. The molecule has 2 bridgehead atoms. The van der Waals surface area contributed by atoms with E-state index in [4.69, 9.17) is 0 Å². The van der Waals surface area contributed by atoms with E-state index in [0.717, 1.165) is 19.8 Å². The SMILES string of the molecule is c1ccc2c(c1)CN1CN2Cc2ccccc21. The molecular weight excluding hydrogens is 208 g/mol. The van der Waals surface area contributed by atoms with Crippen molar-refractivity contribution in [2.45, 2.75) is 13.1 Å². The minimum atomic E-state index is 1.02. The standard InChI is InChI=1S/C15H14N2/c1-3-7-14-12(5-1)9-16-11-17(14)10-13-6-2-4-8-15(13)16/h1-8H,9-11H2. The van der Waals surface area contributed by atoms with Gasteiger partial charge >= 0.3 is 0 Å². The lowest BCUT2D eigenvalue weighted by Crippen LogP contribution is -2.46. The highest BCUT2D eigenvalue weighted by Gasteiger charge is 2.28. The number of nitrogens with zero attached hydrogens (tertiary/aromatic N) is 2. The Hall–Kier alpha value is -1.96. The lowest BCUT2D eigenvalue weighted by atomic mass is 10.0. The zero-order valence-electron chi connectivity index (χ0n) is 9.63. The number of hydrogen-bond acceptors (Lipinski definition) is 2. The average molecular weight is 222 g/mol. The molecule has 2 heterocycles. The molecule has 2 aromatic rings. The van der Waals surface area contributed by atoms with E-state index in [9.17, 15) is 0 Å². The first-order valence-electron chi connectivity index (χ1n) is 6.07. The van der Waals surface area contributed by atoms with Gasteiger partial charge in [0.25, 0.3) is 0 Å². The van der Waals surface area contributed by atoms with Gasteiger partial charge in [-0.1, -0.05) is 36.4 Å². The summed E-state index contributed by atoms with van der Waals surface area (Å²) in [6.45, 7) is 3.08. The van der Waals surface area contributed by atoms with Gasteiger partial charge in [-0.25, -0.2) is 0 Å². The molecule has 84 valence electrons. The molecule has 0 saturated carbocycles. The van der Waals surface area contributed by atoms with E-state index in [0.29, 0.717) is 0 Å². The topological polar surface area (TPSA) is 6.48 Å². The van der Waals surface area contributed by atoms with Gasteiger partial charge in [-0.2, -0.15) is 0 Å². The predicted molar refractivity (Wildman–Crippen MR) is 70.1 cm³/mol. The van der Waals surface area contributed by atoms with Crippen molar-refractivity contribution in [3.05, 3.63) is 59.7 Å². The fraction of sp³-hybridized carbons (Fsp3) is 0.200. The lowest BCUT2D eigenvalue weighted by molar-refractivity contribution is 0.651. The highest BCUT2D eigenvalue weighted by Crippen LogP contribution is 2.37. The zero-order valence-corrected chi connectivity index (χ0v) is 9.63. The zero-order chi connectivity index (χ0) is 11.2. The van der Waals surface area contributed by atoms with Crippen molar-refractivity contribution in [1.82, 2.24) is 0 Å². The van der Waals surface area contributed by atoms with Crippen LogP contribution in [0.4, 0.5) is 11.4 Å². The molecule has 0 spiro atoms. The van der Waals surface area contributed by atoms with E-state index >= 15 is 0 Å². The molecule has 0 amide bonds. The highest BCUT2D eigenvalue weighted by molar-refractivity contribution is 5.67. The number of hydrogen-bond donors (Lipinski definition) is 0.